The van der Waals surface area contributed by atoms with Gasteiger partial charge >= 0.3 is 0 Å². The standard InChI is InChI=1S/C10H11NOS/c1-6(2)7-4-3-5-8-9(7)12-10(13)11-8/h3-6H,1-2H3,(H,11,13). The number of hydrogen-bond acceptors (Lipinski definition) is 2. The zero-order valence-electron chi connectivity index (χ0n) is 7.63. The van der Waals surface area contributed by atoms with Crippen LogP contribution in [0.2, 0.25) is 0 Å². The van der Waals surface area contributed by atoms with Gasteiger partial charge in [0.1, 0.15) is 0 Å². The summed E-state index contributed by atoms with van der Waals surface area (Å²) in [5.74, 6) is 0.456. The van der Waals surface area contributed by atoms with Crippen LogP contribution in [0.4, 0.5) is 0 Å². The summed E-state index contributed by atoms with van der Waals surface area (Å²) in [6.07, 6.45) is 0. The van der Waals surface area contributed by atoms with Crippen molar-refractivity contribution in [3.05, 3.63) is 28.6 Å². The van der Waals surface area contributed by atoms with Crippen LogP contribution >= 0.6 is 12.2 Å². The number of para-hydroxylation sites is 1. The third kappa shape index (κ3) is 1.40. The lowest BCUT2D eigenvalue weighted by atomic mass is 10.0. The van der Waals surface area contributed by atoms with Gasteiger partial charge in [0.05, 0.1) is 5.52 Å². The second-order valence-electron chi connectivity index (χ2n) is 3.39. The third-order valence-corrected chi connectivity index (χ3v) is 2.28. The van der Waals surface area contributed by atoms with Crippen molar-refractivity contribution in [2.75, 3.05) is 0 Å². The van der Waals surface area contributed by atoms with Crippen molar-refractivity contribution in [3.63, 3.8) is 0 Å². The highest BCUT2D eigenvalue weighted by Gasteiger charge is 2.07. The molecule has 1 N–H and O–H groups in total. The van der Waals surface area contributed by atoms with E-state index in [0.717, 1.165) is 11.1 Å². The number of hydrogen-bond donors (Lipinski definition) is 1. The first kappa shape index (κ1) is 8.51. The zero-order chi connectivity index (χ0) is 9.42. The second kappa shape index (κ2) is 3.00. The van der Waals surface area contributed by atoms with Crippen molar-refractivity contribution in [3.8, 4) is 0 Å². The van der Waals surface area contributed by atoms with E-state index >= 15 is 0 Å². The van der Waals surface area contributed by atoms with Gasteiger partial charge in [-0.3, -0.25) is 0 Å². The Balaban J connectivity index is 2.82. The lowest BCUT2D eigenvalue weighted by Crippen LogP contribution is -1.86. The van der Waals surface area contributed by atoms with Gasteiger partial charge in [0.15, 0.2) is 5.58 Å². The van der Waals surface area contributed by atoms with Gasteiger partial charge in [0, 0.05) is 0 Å². The third-order valence-electron chi connectivity index (χ3n) is 2.10. The summed E-state index contributed by atoms with van der Waals surface area (Å²) in [6, 6.07) is 6.05. The van der Waals surface area contributed by atoms with E-state index in [9.17, 15) is 0 Å². The van der Waals surface area contributed by atoms with E-state index < -0.39 is 0 Å². The van der Waals surface area contributed by atoms with E-state index in [1.807, 2.05) is 12.1 Å². The highest BCUT2D eigenvalue weighted by molar-refractivity contribution is 7.71. The first-order chi connectivity index (χ1) is 6.18. The number of benzene rings is 1. The molecular formula is C10H11NOS. The largest absolute Gasteiger partial charge is 0.429 e. The number of aromatic nitrogens is 1. The van der Waals surface area contributed by atoms with Gasteiger partial charge in [-0.05, 0) is 29.8 Å². The quantitative estimate of drug-likeness (QED) is 0.701. The van der Waals surface area contributed by atoms with E-state index in [4.69, 9.17) is 16.6 Å². The van der Waals surface area contributed by atoms with Crippen LogP contribution in [-0.4, -0.2) is 4.98 Å². The minimum atomic E-state index is 0.447. The number of nitrogens with one attached hydrogen (secondary N) is 1. The average Bonchev–Trinajstić information content (AvgIpc) is 2.43. The van der Waals surface area contributed by atoms with Gasteiger partial charge in [-0.2, -0.15) is 0 Å². The zero-order valence-corrected chi connectivity index (χ0v) is 8.44. The first-order valence-electron chi connectivity index (χ1n) is 4.30. The van der Waals surface area contributed by atoms with Crippen LogP contribution in [0.1, 0.15) is 25.3 Å². The Hall–Kier alpha value is -1.09. The summed E-state index contributed by atoms with van der Waals surface area (Å²) in [6.45, 7) is 4.28. The molecule has 3 heteroatoms. The molecule has 0 bridgehead atoms. The molecule has 0 saturated heterocycles. The topological polar surface area (TPSA) is 28.9 Å². The Morgan fingerprint density at radius 2 is 2.15 bits per heavy atom. The van der Waals surface area contributed by atoms with Gasteiger partial charge in [0.25, 0.3) is 4.84 Å². The summed E-state index contributed by atoms with van der Waals surface area (Å²) >= 11 is 4.94. The number of rotatable bonds is 1. The summed E-state index contributed by atoms with van der Waals surface area (Å²) in [4.78, 5) is 3.45. The molecule has 2 aromatic rings. The fraction of sp³-hybridized carbons (Fsp3) is 0.300. The molecule has 68 valence electrons. The molecule has 0 spiro atoms. The van der Waals surface area contributed by atoms with Crippen LogP contribution in [0, 0.1) is 4.84 Å². The summed E-state index contributed by atoms with van der Waals surface area (Å²) < 4.78 is 5.42. The van der Waals surface area contributed by atoms with Gasteiger partial charge in [-0.15, -0.1) is 0 Å². The van der Waals surface area contributed by atoms with Crippen LogP contribution in [0.5, 0.6) is 0 Å². The molecule has 0 aliphatic heterocycles. The molecule has 1 aromatic heterocycles. The molecule has 1 aromatic carbocycles. The predicted molar refractivity (Wildman–Crippen MR) is 55.5 cm³/mol. The van der Waals surface area contributed by atoms with Crippen molar-refractivity contribution in [1.29, 1.82) is 0 Å². The average molecular weight is 193 g/mol. The predicted octanol–water partition coefficient (Wildman–Crippen LogP) is 3.61. The maximum Gasteiger partial charge on any atom is 0.266 e. The molecule has 0 aliphatic rings. The summed E-state index contributed by atoms with van der Waals surface area (Å²) in [7, 11) is 0. The second-order valence-corrected chi connectivity index (χ2v) is 3.76. The van der Waals surface area contributed by atoms with Crippen LogP contribution in [0.3, 0.4) is 0 Å². The molecule has 0 unspecified atom stereocenters. The van der Waals surface area contributed by atoms with E-state index in [1.54, 1.807) is 0 Å². The minimum Gasteiger partial charge on any atom is -0.429 e. The van der Waals surface area contributed by atoms with Crippen molar-refractivity contribution in [1.82, 2.24) is 4.98 Å². The Labute approximate surface area is 81.6 Å². The normalized spacial score (nSPS) is 11.3. The van der Waals surface area contributed by atoms with E-state index in [1.165, 1.54) is 5.56 Å². The monoisotopic (exact) mass is 193 g/mol. The van der Waals surface area contributed by atoms with E-state index in [2.05, 4.69) is 24.9 Å². The molecule has 0 amide bonds. The number of fused-ring (bicyclic) bond motifs is 1. The lowest BCUT2D eigenvalue weighted by Gasteiger charge is -2.03. The van der Waals surface area contributed by atoms with Gasteiger partial charge in [0.2, 0.25) is 0 Å². The van der Waals surface area contributed by atoms with Crippen LogP contribution < -0.4 is 0 Å². The molecule has 0 saturated carbocycles. The van der Waals surface area contributed by atoms with E-state index in [0.29, 0.717) is 10.8 Å². The molecule has 0 fully saturated rings. The molecule has 13 heavy (non-hydrogen) atoms. The molecule has 0 radical (unpaired) electrons. The fourth-order valence-corrected chi connectivity index (χ4v) is 1.64. The highest BCUT2D eigenvalue weighted by atomic mass is 32.1. The van der Waals surface area contributed by atoms with Crippen molar-refractivity contribution in [2.45, 2.75) is 19.8 Å². The summed E-state index contributed by atoms with van der Waals surface area (Å²) in [5, 5.41) is 0. The molecular weight excluding hydrogens is 182 g/mol. The molecule has 2 rings (SSSR count). The van der Waals surface area contributed by atoms with Crippen LogP contribution in [0.25, 0.3) is 11.1 Å². The number of oxazole rings is 1. The molecule has 0 aliphatic carbocycles. The summed E-state index contributed by atoms with van der Waals surface area (Å²) in [5.41, 5.74) is 3.07. The van der Waals surface area contributed by atoms with Gasteiger partial charge < -0.3 is 9.40 Å². The molecule has 1 heterocycles. The first-order valence-corrected chi connectivity index (χ1v) is 4.71. The SMILES string of the molecule is CC(C)c1cccc2[nH]c(=S)oc12. The maximum atomic E-state index is 5.42. The van der Waals surface area contributed by atoms with E-state index in [-0.39, 0.29) is 0 Å². The Morgan fingerprint density at radius 1 is 1.38 bits per heavy atom. The van der Waals surface area contributed by atoms with Crippen molar-refractivity contribution < 1.29 is 4.42 Å². The number of aromatic amines is 1. The fourth-order valence-electron chi connectivity index (χ4n) is 1.45. The van der Waals surface area contributed by atoms with Crippen LogP contribution in [-0.2, 0) is 0 Å². The van der Waals surface area contributed by atoms with Gasteiger partial charge in [-0.25, -0.2) is 0 Å². The number of H-pyrrole nitrogens is 1. The van der Waals surface area contributed by atoms with Gasteiger partial charge in [-0.1, -0.05) is 26.0 Å². The smallest absolute Gasteiger partial charge is 0.266 e. The molecule has 0 atom stereocenters. The maximum absolute atomic E-state index is 5.42. The van der Waals surface area contributed by atoms with Crippen molar-refractivity contribution >= 4 is 23.3 Å². The molecule has 2 nitrogen and oxygen atoms in total. The van der Waals surface area contributed by atoms with Crippen molar-refractivity contribution in [2.24, 2.45) is 0 Å². The lowest BCUT2D eigenvalue weighted by molar-refractivity contribution is 0.577. The minimum absolute atomic E-state index is 0.447. The Kier molecular flexibility index (Phi) is 1.96. The van der Waals surface area contributed by atoms with Crippen LogP contribution in [0.15, 0.2) is 22.6 Å². The highest BCUT2D eigenvalue weighted by Crippen LogP contribution is 2.24. The Morgan fingerprint density at radius 3 is 2.85 bits per heavy atom. The Bertz CT molecular complexity index is 481.